The summed E-state index contributed by atoms with van der Waals surface area (Å²) < 4.78 is 0. The summed E-state index contributed by atoms with van der Waals surface area (Å²) in [6, 6.07) is 16.3. The number of hydrogen-bond acceptors (Lipinski definition) is 4. The van der Waals surface area contributed by atoms with Gasteiger partial charge in [0.2, 0.25) is 5.95 Å². The molecule has 3 aromatic rings. The molecule has 0 saturated carbocycles. The van der Waals surface area contributed by atoms with Crippen LogP contribution in [0.2, 0.25) is 10.0 Å². The van der Waals surface area contributed by atoms with Crippen LogP contribution in [-0.4, -0.2) is 15.9 Å². The van der Waals surface area contributed by atoms with Gasteiger partial charge in [0.25, 0.3) is 5.91 Å². The average molecular weight is 387 g/mol. The second kappa shape index (κ2) is 8.17. The van der Waals surface area contributed by atoms with Crippen LogP contribution in [0.4, 0.5) is 11.6 Å². The molecule has 2 aromatic carbocycles. The Morgan fingerprint density at radius 1 is 1.04 bits per heavy atom. The Bertz CT molecular complexity index is 932. The van der Waals surface area contributed by atoms with Gasteiger partial charge in [0, 0.05) is 17.3 Å². The summed E-state index contributed by atoms with van der Waals surface area (Å²) in [6.45, 7) is 2.21. The van der Waals surface area contributed by atoms with Crippen molar-refractivity contribution in [1.29, 1.82) is 0 Å². The highest BCUT2D eigenvalue weighted by Gasteiger charge is 2.12. The minimum absolute atomic E-state index is 0.272. The number of rotatable bonds is 5. The highest BCUT2D eigenvalue weighted by Crippen LogP contribution is 2.27. The fourth-order valence-corrected chi connectivity index (χ4v) is 2.66. The smallest absolute Gasteiger partial charge is 0.270 e. The Morgan fingerprint density at radius 3 is 2.58 bits per heavy atom. The third-order valence-electron chi connectivity index (χ3n) is 3.56. The van der Waals surface area contributed by atoms with E-state index >= 15 is 0 Å². The van der Waals surface area contributed by atoms with E-state index in [9.17, 15) is 4.79 Å². The van der Waals surface area contributed by atoms with E-state index in [0.717, 1.165) is 5.56 Å². The van der Waals surface area contributed by atoms with E-state index in [-0.39, 0.29) is 17.5 Å². The number of carbonyl (C=O) groups excluding carboxylic acids is 1. The Morgan fingerprint density at radius 2 is 1.81 bits per heavy atom. The molecule has 0 atom stereocenters. The second-order valence-electron chi connectivity index (χ2n) is 5.64. The van der Waals surface area contributed by atoms with Gasteiger partial charge in [0.05, 0.1) is 10.7 Å². The van der Waals surface area contributed by atoms with Crippen molar-refractivity contribution in [2.24, 2.45) is 0 Å². The Hall–Kier alpha value is -2.63. The van der Waals surface area contributed by atoms with Crippen LogP contribution in [0.3, 0.4) is 0 Å². The highest BCUT2D eigenvalue weighted by atomic mass is 35.5. The molecule has 26 heavy (non-hydrogen) atoms. The van der Waals surface area contributed by atoms with Crippen LogP contribution < -0.4 is 10.6 Å². The van der Waals surface area contributed by atoms with Gasteiger partial charge in [-0.05, 0) is 36.8 Å². The van der Waals surface area contributed by atoms with Crippen LogP contribution >= 0.6 is 23.2 Å². The fraction of sp³-hybridized carbons (Fsp3) is 0.105. The van der Waals surface area contributed by atoms with Crippen molar-refractivity contribution < 1.29 is 4.79 Å². The maximum atomic E-state index is 12.4. The van der Waals surface area contributed by atoms with Crippen LogP contribution in [0.25, 0.3) is 0 Å². The molecule has 0 radical (unpaired) electrons. The zero-order valence-corrected chi connectivity index (χ0v) is 15.5. The SMILES string of the molecule is Cc1cc(C(=O)NCc2ccccc2)nc(Nc2cc(Cl)ccc2Cl)n1. The number of anilines is 2. The molecule has 2 N–H and O–H groups in total. The monoisotopic (exact) mass is 386 g/mol. The van der Waals surface area contributed by atoms with Gasteiger partial charge in [0.15, 0.2) is 0 Å². The van der Waals surface area contributed by atoms with Gasteiger partial charge in [-0.2, -0.15) is 0 Å². The van der Waals surface area contributed by atoms with Crippen molar-refractivity contribution in [2.45, 2.75) is 13.5 Å². The van der Waals surface area contributed by atoms with Crippen LogP contribution in [-0.2, 0) is 6.54 Å². The third kappa shape index (κ3) is 4.71. The van der Waals surface area contributed by atoms with Gasteiger partial charge in [-0.3, -0.25) is 4.79 Å². The first-order valence-electron chi connectivity index (χ1n) is 7.91. The first kappa shape index (κ1) is 18.2. The van der Waals surface area contributed by atoms with Crippen LogP contribution in [0.15, 0.2) is 54.6 Å². The lowest BCUT2D eigenvalue weighted by molar-refractivity contribution is 0.0945. The zero-order chi connectivity index (χ0) is 18.5. The number of nitrogens with zero attached hydrogens (tertiary/aromatic N) is 2. The minimum Gasteiger partial charge on any atom is -0.347 e. The van der Waals surface area contributed by atoms with E-state index in [1.54, 1.807) is 31.2 Å². The van der Waals surface area contributed by atoms with E-state index in [1.165, 1.54) is 0 Å². The Kier molecular flexibility index (Phi) is 5.71. The molecule has 0 unspecified atom stereocenters. The van der Waals surface area contributed by atoms with Gasteiger partial charge in [-0.25, -0.2) is 9.97 Å². The van der Waals surface area contributed by atoms with Gasteiger partial charge >= 0.3 is 0 Å². The summed E-state index contributed by atoms with van der Waals surface area (Å²) in [5.74, 6) is -0.00128. The van der Waals surface area contributed by atoms with Gasteiger partial charge in [-0.1, -0.05) is 53.5 Å². The molecule has 7 heteroatoms. The van der Waals surface area contributed by atoms with Gasteiger partial charge < -0.3 is 10.6 Å². The molecule has 0 fully saturated rings. The molecule has 0 aliphatic carbocycles. The predicted octanol–water partition coefficient (Wildman–Crippen LogP) is 4.77. The number of benzene rings is 2. The third-order valence-corrected chi connectivity index (χ3v) is 4.12. The molecule has 0 spiro atoms. The summed E-state index contributed by atoms with van der Waals surface area (Å²) in [5.41, 5.74) is 2.51. The maximum Gasteiger partial charge on any atom is 0.270 e. The lowest BCUT2D eigenvalue weighted by atomic mass is 10.2. The van der Waals surface area contributed by atoms with Gasteiger partial charge in [0.1, 0.15) is 5.69 Å². The standard InChI is InChI=1S/C19H16Cl2N4O/c1-12-9-17(18(26)22-11-13-5-3-2-4-6-13)25-19(23-12)24-16-10-14(20)7-8-15(16)21/h2-10H,11H2,1H3,(H,22,26)(H,23,24,25). The average Bonchev–Trinajstić information content (AvgIpc) is 2.63. The van der Waals surface area contributed by atoms with Crippen molar-refractivity contribution in [3.05, 3.63) is 81.6 Å². The van der Waals surface area contributed by atoms with Crippen LogP contribution in [0, 0.1) is 6.92 Å². The van der Waals surface area contributed by atoms with Crippen molar-refractivity contribution >= 4 is 40.7 Å². The van der Waals surface area contributed by atoms with E-state index in [1.807, 2.05) is 30.3 Å². The molecule has 0 saturated heterocycles. The number of nitrogens with one attached hydrogen (secondary N) is 2. The molecule has 1 amide bonds. The lowest BCUT2D eigenvalue weighted by Gasteiger charge is -2.10. The first-order chi connectivity index (χ1) is 12.5. The normalized spacial score (nSPS) is 10.4. The van der Waals surface area contributed by atoms with Gasteiger partial charge in [-0.15, -0.1) is 0 Å². The lowest BCUT2D eigenvalue weighted by Crippen LogP contribution is -2.24. The zero-order valence-electron chi connectivity index (χ0n) is 14.0. The Labute approximate surface area is 161 Å². The highest BCUT2D eigenvalue weighted by molar-refractivity contribution is 6.35. The minimum atomic E-state index is -0.278. The van der Waals surface area contributed by atoms with E-state index in [4.69, 9.17) is 23.2 Å². The number of carbonyl (C=O) groups is 1. The number of halogens is 2. The molecule has 132 valence electrons. The number of aromatic nitrogens is 2. The molecule has 1 heterocycles. The van der Waals surface area contributed by atoms with E-state index in [0.29, 0.717) is 28.0 Å². The van der Waals surface area contributed by atoms with Crippen LogP contribution in [0.5, 0.6) is 0 Å². The van der Waals surface area contributed by atoms with Crippen LogP contribution in [0.1, 0.15) is 21.7 Å². The first-order valence-corrected chi connectivity index (χ1v) is 8.67. The topological polar surface area (TPSA) is 66.9 Å². The van der Waals surface area contributed by atoms with E-state index in [2.05, 4.69) is 20.6 Å². The molecule has 0 aliphatic rings. The number of amides is 1. The summed E-state index contributed by atoms with van der Waals surface area (Å²) in [5, 5.41) is 6.87. The predicted molar refractivity (Wildman–Crippen MR) is 104 cm³/mol. The molecular formula is C19H16Cl2N4O. The summed E-state index contributed by atoms with van der Waals surface area (Å²) in [7, 11) is 0. The fourth-order valence-electron chi connectivity index (χ4n) is 2.32. The molecule has 1 aromatic heterocycles. The molecular weight excluding hydrogens is 371 g/mol. The quantitative estimate of drug-likeness (QED) is 0.662. The number of hydrogen-bond donors (Lipinski definition) is 2. The largest absolute Gasteiger partial charge is 0.347 e. The summed E-state index contributed by atoms with van der Waals surface area (Å²) >= 11 is 12.1. The molecule has 3 rings (SSSR count). The maximum absolute atomic E-state index is 12.4. The van der Waals surface area contributed by atoms with Crippen molar-refractivity contribution in [3.8, 4) is 0 Å². The Balaban J connectivity index is 1.76. The molecule has 0 bridgehead atoms. The summed E-state index contributed by atoms with van der Waals surface area (Å²) in [6.07, 6.45) is 0. The van der Waals surface area contributed by atoms with E-state index < -0.39 is 0 Å². The molecule has 5 nitrogen and oxygen atoms in total. The molecule has 0 aliphatic heterocycles. The summed E-state index contributed by atoms with van der Waals surface area (Å²) in [4.78, 5) is 21.0. The number of aryl methyl sites for hydroxylation is 1. The van der Waals surface area contributed by atoms with Crippen molar-refractivity contribution in [1.82, 2.24) is 15.3 Å². The van der Waals surface area contributed by atoms with Crippen molar-refractivity contribution in [3.63, 3.8) is 0 Å². The van der Waals surface area contributed by atoms with Crippen molar-refractivity contribution in [2.75, 3.05) is 5.32 Å². The second-order valence-corrected chi connectivity index (χ2v) is 6.48.